The molecule has 2 nitrogen and oxygen atoms in total. The first-order valence-corrected chi connectivity index (χ1v) is 11.6. The van der Waals surface area contributed by atoms with E-state index in [4.69, 9.17) is 4.43 Å². The van der Waals surface area contributed by atoms with Crippen LogP contribution in [0.25, 0.3) is 0 Å². The molecule has 2 atom stereocenters. The second-order valence-corrected chi connectivity index (χ2v) is 13.6. The van der Waals surface area contributed by atoms with Crippen molar-refractivity contribution in [3.8, 4) is 0 Å². The van der Waals surface area contributed by atoms with E-state index in [1.807, 2.05) is 0 Å². The average Bonchev–Trinajstić information content (AvgIpc) is 2.57. The lowest BCUT2D eigenvalue weighted by atomic mass is 9.76. The molecule has 0 heterocycles. The monoisotopic (exact) mass is 402 g/mol. The van der Waals surface area contributed by atoms with E-state index in [1.54, 1.807) is 30.3 Å². The van der Waals surface area contributed by atoms with Gasteiger partial charge in [-0.25, -0.2) is 0 Å². The summed E-state index contributed by atoms with van der Waals surface area (Å²) < 4.78 is 47.2. The molecule has 1 rings (SSSR count). The highest BCUT2D eigenvalue weighted by molar-refractivity contribution is 6.77. The summed E-state index contributed by atoms with van der Waals surface area (Å²) in [4.78, 5) is 0. The number of aliphatic hydroxyl groups is 1. The van der Waals surface area contributed by atoms with E-state index in [9.17, 15) is 18.3 Å². The van der Waals surface area contributed by atoms with Crippen LogP contribution in [0.4, 0.5) is 13.2 Å². The van der Waals surface area contributed by atoms with Gasteiger partial charge in [-0.1, -0.05) is 78.0 Å². The highest BCUT2D eigenvalue weighted by atomic mass is 28.4. The molecule has 0 saturated carbocycles. The molecule has 154 valence electrons. The highest BCUT2D eigenvalue weighted by Crippen LogP contribution is 2.45. The smallest absolute Gasteiger partial charge is 0.415 e. The summed E-state index contributed by atoms with van der Waals surface area (Å²) >= 11 is 0. The average molecular weight is 403 g/mol. The predicted octanol–water partition coefficient (Wildman–Crippen LogP) is 6.23. The third-order valence-electron chi connectivity index (χ3n) is 5.74. The number of rotatable bonds is 9. The second kappa shape index (κ2) is 8.93. The van der Waals surface area contributed by atoms with Gasteiger partial charge in [0.25, 0.3) is 0 Å². The fourth-order valence-corrected chi connectivity index (χ4v) is 9.88. The fraction of sp³-hybridized carbons (Fsp3) is 0.619. The minimum atomic E-state index is -4.79. The van der Waals surface area contributed by atoms with Gasteiger partial charge >= 0.3 is 6.18 Å². The van der Waals surface area contributed by atoms with Crippen LogP contribution in [-0.2, 0) is 9.84 Å². The third-order valence-corrected chi connectivity index (χ3v) is 11.8. The van der Waals surface area contributed by atoms with Crippen LogP contribution in [0.3, 0.4) is 0 Å². The lowest BCUT2D eigenvalue weighted by molar-refractivity contribution is -0.222. The van der Waals surface area contributed by atoms with Crippen molar-refractivity contribution in [1.29, 1.82) is 0 Å². The number of alkyl halides is 3. The molecule has 0 aromatic heterocycles. The topological polar surface area (TPSA) is 29.5 Å². The first kappa shape index (κ1) is 23.9. The summed E-state index contributed by atoms with van der Waals surface area (Å²) in [6, 6.07) is 8.23. The van der Waals surface area contributed by atoms with Crippen molar-refractivity contribution in [2.45, 2.75) is 75.9 Å². The minimum Gasteiger partial charge on any atom is -0.415 e. The van der Waals surface area contributed by atoms with Gasteiger partial charge in [-0.3, -0.25) is 0 Å². The van der Waals surface area contributed by atoms with Crippen LogP contribution < -0.4 is 0 Å². The van der Waals surface area contributed by atoms with Gasteiger partial charge in [0.05, 0.1) is 5.41 Å². The van der Waals surface area contributed by atoms with Crippen molar-refractivity contribution in [2.24, 2.45) is 0 Å². The zero-order valence-electron chi connectivity index (χ0n) is 17.2. The van der Waals surface area contributed by atoms with Crippen LogP contribution in [-0.4, -0.2) is 32.3 Å². The normalized spacial score (nSPS) is 16.6. The molecule has 0 aliphatic rings. The summed E-state index contributed by atoms with van der Waals surface area (Å²) in [7, 11) is -2.42. The quantitative estimate of drug-likeness (QED) is 0.392. The number of halogens is 3. The van der Waals surface area contributed by atoms with Crippen LogP contribution in [0, 0.1) is 0 Å². The molecular formula is C21H33F3O2Si. The van der Waals surface area contributed by atoms with Gasteiger partial charge < -0.3 is 9.53 Å². The van der Waals surface area contributed by atoms with Gasteiger partial charge in [0.2, 0.25) is 0 Å². The molecule has 6 heteroatoms. The molecule has 0 aliphatic heterocycles. The molecule has 0 aliphatic carbocycles. The Morgan fingerprint density at radius 2 is 1.44 bits per heavy atom. The molecule has 0 amide bonds. The molecule has 1 aromatic rings. The lowest BCUT2D eigenvalue weighted by Crippen LogP contribution is -2.55. The lowest BCUT2D eigenvalue weighted by Gasteiger charge is -2.46. The maximum atomic E-state index is 13.6. The van der Waals surface area contributed by atoms with E-state index < -0.39 is 26.0 Å². The zero-order valence-corrected chi connectivity index (χ0v) is 18.2. The molecular weight excluding hydrogens is 369 g/mol. The van der Waals surface area contributed by atoms with Crippen LogP contribution in [0.5, 0.6) is 0 Å². The van der Waals surface area contributed by atoms with Crippen LogP contribution >= 0.6 is 0 Å². The second-order valence-electron chi connectivity index (χ2n) is 8.16. The number of aliphatic hydroxyl groups excluding tert-OH is 1. The van der Waals surface area contributed by atoms with E-state index in [2.05, 4.69) is 48.1 Å². The van der Waals surface area contributed by atoms with E-state index >= 15 is 0 Å². The Bertz CT molecular complexity index is 577. The van der Waals surface area contributed by atoms with Crippen LogP contribution in [0.1, 0.15) is 47.1 Å². The van der Waals surface area contributed by atoms with E-state index in [1.165, 1.54) is 6.08 Å². The van der Waals surface area contributed by atoms with Crippen molar-refractivity contribution in [3.05, 3.63) is 48.6 Å². The summed E-state index contributed by atoms with van der Waals surface area (Å²) in [6.07, 6.45) is -6.19. The third kappa shape index (κ3) is 4.66. The van der Waals surface area contributed by atoms with Crippen molar-refractivity contribution >= 4 is 8.32 Å². The first-order valence-electron chi connectivity index (χ1n) is 9.44. The Kier molecular flexibility index (Phi) is 7.91. The van der Waals surface area contributed by atoms with Crippen molar-refractivity contribution in [2.75, 3.05) is 6.61 Å². The molecule has 0 spiro atoms. The molecule has 0 radical (unpaired) electrons. The Morgan fingerprint density at radius 3 is 1.78 bits per heavy atom. The molecule has 1 aromatic carbocycles. The van der Waals surface area contributed by atoms with Gasteiger partial charge in [0, 0.05) is 6.61 Å². The van der Waals surface area contributed by atoms with Crippen molar-refractivity contribution in [3.63, 3.8) is 0 Å². The highest BCUT2D eigenvalue weighted by Gasteiger charge is 2.54. The largest absolute Gasteiger partial charge is 0.415 e. The summed E-state index contributed by atoms with van der Waals surface area (Å²) in [5, 5.41) is 10.3. The standard InChI is InChI=1S/C21H33F3O2Si/c1-8-20(19(25)21(22,23)24,18-12-10-9-11-13-18)14-26-27(15(2)3,16(4)5)17(6)7/h8-13,15-17,19,25H,1,14H2,2-7H3/t19?,20-/m0/s1. The summed E-state index contributed by atoms with van der Waals surface area (Å²) in [5.74, 6) is 0. The van der Waals surface area contributed by atoms with Gasteiger partial charge in [-0.2, -0.15) is 13.2 Å². The molecule has 27 heavy (non-hydrogen) atoms. The van der Waals surface area contributed by atoms with E-state index in [0.717, 1.165) is 0 Å². The Balaban J connectivity index is 3.47. The van der Waals surface area contributed by atoms with E-state index in [0.29, 0.717) is 5.56 Å². The van der Waals surface area contributed by atoms with Crippen molar-refractivity contribution in [1.82, 2.24) is 0 Å². The maximum absolute atomic E-state index is 13.6. The zero-order chi connectivity index (χ0) is 21.0. The van der Waals surface area contributed by atoms with Crippen LogP contribution in [0.15, 0.2) is 43.0 Å². The molecule has 0 saturated heterocycles. The molecule has 0 bridgehead atoms. The number of benzene rings is 1. The molecule has 1 unspecified atom stereocenters. The summed E-state index contributed by atoms with van der Waals surface area (Å²) in [5.41, 5.74) is -0.739. The SMILES string of the molecule is C=C[C@](CO[Si](C(C)C)(C(C)C)C(C)C)(c1ccccc1)C(O)C(F)(F)F. The fourth-order valence-electron chi connectivity index (χ4n) is 4.39. The van der Waals surface area contributed by atoms with Gasteiger partial charge in [-0.15, -0.1) is 6.58 Å². The Hall–Kier alpha value is -1.11. The predicted molar refractivity (Wildman–Crippen MR) is 107 cm³/mol. The minimum absolute atomic E-state index is 0.221. The number of hydrogen-bond donors (Lipinski definition) is 1. The van der Waals surface area contributed by atoms with Crippen LogP contribution in [0.2, 0.25) is 16.6 Å². The van der Waals surface area contributed by atoms with Gasteiger partial charge in [-0.05, 0) is 22.2 Å². The Morgan fingerprint density at radius 1 is 1.00 bits per heavy atom. The molecule has 1 N–H and O–H groups in total. The Labute approximate surface area is 162 Å². The van der Waals surface area contributed by atoms with Gasteiger partial charge in [0.15, 0.2) is 14.4 Å². The first-order chi connectivity index (χ1) is 12.4. The molecule has 0 fully saturated rings. The number of hydrogen-bond acceptors (Lipinski definition) is 2. The van der Waals surface area contributed by atoms with Crippen molar-refractivity contribution < 1.29 is 22.7 Å². The maximum Gasteiger partial charge on any atom is 0.415 e. The van der Waals surface area contributed by atoms with E-state index in [-0.39, 0.29) is 23.2 Å². The van der Waals surface area contributed by atoms with Gasteiger partial charge in [0.1, 0.15) is 0 Å². The summed E-state index contributed by atoms with van der Waals surface area (Å²) in [6.45, 7) is 15.9.